The summed E-state index contributed by atoms with van der Waals surface area (Å²) in [7, 11) is 0. The Balaban J connectivity index is 0.000000519. The van der Waals surface area contributed by atoms with Crippen molar-refractivity contribution in [3.05, 3.63) is 139 Å². The number of benzene rings is 5. The van der Waals surface area contributed by atoms with Gasteiger partial charge in [0.15, 0.2) is 5.82 Å². The van der Waals surface area contributed by atoms with E-state index in [2.05, 4.69) is 137 Å². The maximum absolute atomic E-state index is 8.56. The van der Waals surface area contributed by atoms with Crippen molar-refractivity contribution in [2.45, 2.75) is 45.8 Å². The maximum Gasteiger partial charge on any atom is 0.159 e. The van der Waals surface area contributed by atoms with Gasteiger partial charge in [0, 0.05) is 31.4 Å². The third-order valence-electron chi connectivity index (χ3n) is 7.36. The zero-order chi connectivity index (χ0) is 30.9. The van der Waals surface area contributed by atoms with Crippen LogP contribution in [0.2, 0.25) is 0 Å². The molecule has 1 radical (unpaired) electrons. The van der Waals surface area contributed by atoms with E-state index >= 15 is 0 Å². The number of aliphatic hydroxyl groups excluding tert-OH is 2. The molecule has 6 heteroatoms. The molecule has 0 bridgehead atoms. The van der Waals surface area contributed by atoms with E-state index < -0.39 is 0 Å². The van der Waals surface area contributed by atoms with Crippen LogP contribution in [0.15, 0.2) is 127 Å². The van der Waals surface area contributed by atoms with Gasteiger partial charge < -0.3 is 14.8 Å². The topological polar surface area (TPSA) is 71.2 Å². The molecular formula is C39H38IrN3O2-. The second kappa shape index (κ2) is 16.2. The molecule has 0 aliphatic heterocycles. The largest absolute Gasteiger partial charge is 0.393 e. The zero-order valence-corrected chi connectivity index (χ0v) is 28.2. The Morgan fingerprint density at radius 3 is 1.58 bits per heavy atom. The molecule has 6 rings (SSSR count). The van der Waals surface area contributed by atoms with Gasteiger partial charge in [-0.25, -0.2) is 0 Å². The Morgan fingerprint density at radius 2 is 1.09 bits per heavy atom. The van der Waals surface area contributed by atoms with Gasteiger partial charge >= 0.3 is 0 Å². The summed E-state index contributed by atoms with van der Waals surface area (Å²) in [6.07, 6.45) is 0.720. The van der Waals surface area contributed by atoms with Gasteiger partial charge in [-0.05, 0) is 55.5 Å². The van der Waals surface area contributed by atoms with Crippen LogP contribution in [0, 0.1) is 6.07 Å². The molecule has 2 atom stereocenters. The van der Waals surface area contributed by atoms with E-state index in [1.807, 2.05) is 18.2 Å². The zero-order valence-electron chi connectivity index (χ0n) is 25.8. The van der Waals surface area contributed by atoms with Gasteiger partial charge in [0.25, 0.3) is 0 Å². The standard InChI is InChI=1S/C34H26N3.C5H12O2.Ir/c1-2-25-13-23-32(24-14-25)37-33(30-19-15-28(16-20-30)26-9-5-3-6-10-26)35-36-34(37)31-21-17-29(18-22-31)27-11-7-4-8-12-27;1-4(6)3-5(2)7;/h3-21,23-24H,2H2,1H3;4-7H,3H2,1-2H3;/q-1;;. The SMILES string of the molecule is CC(O)CC(C)O.CCc1ccc(-n2c(-c3[c-]cc(-c4ccccc4)cc3)nnc2-c2ccc(-c3ccccc3)cc2)cc1.[Ir]. The van der Waals surface area contributed by atoms with Crippen molar-refractivity contribution in [1.29, 1.82) is 0 Å². The fourth-order valence-electron chi connectivity index (χ4n) is 5.08. The first-order valence-electron chi connectivity index (χ1n) is 15.1. The Bertz CT molecular complexity index is 1630. The molecule has 0 amide bonds. The Labute approximate surface area is 279 Å². The van der Waals surface area contributed by atoms with Crippen LogP contribution in [-0.4, -0.2) is 37.2 Å². The van der Waals surface area contributed by atoms with E-state index in [9.17, 15) is 0 Å². The predicted octanol–water partition coefficient (Wildman–Crippen LogP) is 8.43. The molecule has 2 unspecified atom stereocenters. The summed E-state index contributed by atoms with van der Waals surface area (Å²) in [5.74, 6) is 1.57. The first kappa shape index (κ1) is 33.7. The molecule has 0 saturated carbocycles. The quantitative estimate of drug-likeness (QED) is 0.153. The fraction of sp³-hybridized carbons (Fsp3) is 0.179. The van der Waals surface area contributed by atoms with Gasteiger partial charge in [-0.15, -0.1) is 34.9 Å². The van der Waals surface area contributed by atoms with Crippen molar-refractivity contribution in [1.82, 2.24) is 14.8 Å². The molecule has 6 aromatic rings. The fourth-order valence-corrected chi connectivity index (χ4v) is 5.08. The molecule has 5 aromatic carbocycles. The van der Waals surface area contributed by atoms with Gasteiger partial charge in [-0.1, -0.05) is 115 Å². The van der Waals surface area contributed by atoms with Crippen molar-refractivity contribution in [3.8, 4) is 50.7 Å². The van der Waals surface area contributed by atoms with Crippen LogP contribution in [-0.2, 0) is 26.5 Å². The van der Waals surface area contributed by atoms with Crippen LogP contribution < -0.4 is 0 Å². The summed E-state index contributed by atoms with van der Waals surface area (Å²) in [6, 6.07) is 47.6. The number of aryl methyl sites for hydroxylation is 1. The van der Waals surface area contributed by atoms with Gasteiger partial charge in [-0.3, -0.25) is 0 Å². The summed E-state index contributed by atoms with van der Waals surface area (Å²) in [4.78, 5) is 0. The van der Waals surface area contributed by atoms with Gasteiger partial charge in [0.1, 0.15) is 0 Å². The number of hydrogen-bond acceptors (Lipinski definition) is 4. The minimum atomic E-state index is -0.375. The Morgan fingerprint density at radius 1 is 0.600 bits per heavy atom. The van der Waals surface area contributed by atoms with Crippen molar-refractivity contribution in [2.75, 3.05) is 0 Å². The van der Waals surface area contributed by atoms with Crippen molar-refractivity contribution < 1.29 is 30.3 Å². The molecule has 0 aliphatic rings. The molecule has 0 fully saturated rings. The van der Waals surface area contributed by atoms with E-state index in [-0.39, 0.29) is 32.3 Å². The predicted molar refractivity (Wildman–Crippen MR) is 179 cm³/mol. The molecule has 0 saturated heterocycles. The molecule has 45 heavy (non-hydrogen) atoms. The van der Waals surface area contributed by atoms with Crippen molar-refractivity contribution in [3.63, 3.8) is 0 Å². The number of hydrogen-bond donors (Lipinski definition) is 2. The van der Waals surface area contributed by atoms with Gasteiger partial charge in [-0.2, -0.15) is 5.10 Å². The third kappa shape index (κ3) is 8.71. The number of rotatable bonds is 8. The van der Waals surface area contributed by atoms with E-state index in [1.165, 1.54) is 22.3 Å². The van der Waals surface area contributed by atoms with Crippen LogP contribution >= 0.6 is 0 Å². The molecule has 0 spiro atoms. The first-order valence-corrected chi connectivity index (χ1v) is 15.1. The average molecular weight is 773 g/mol. The van der Waals surface area contributed by atoms with E-state index in [1.54, 1.807) is 13.8 Å². The number of nitrogens with zero attached hydrogens (tertiary/aromatic N) is 3. The summed E-state index contributed by atoms with van der Waals surface area (Å²) in [6.45, 7) is 5.49. The van der Waals surface area contributed by atoms with E-state index in [0.29, 0.717) is 6.42 Å². The number of aromatic nitrogens is 3. The third-order valence-corrected chi connectivity index (χ3v) is 7.36. The maximum atomic E-state index is 8.56. The second-order valence-electron chi connectivity index (χ2n) is 10.9. The first-order chi connectivity index (χ1) is 21.4. The van der Waals surface area contributed by atoms with Crippen molar-refractivity contribution >= 4 is 0 Å². The molecular weight excluding hydrogens is 735 g/mol. The molecule has 5 nitrogen and oxygen atoms in total. The molecule has 231 valence electrons. The molecule has 1 aromatic heterocycles. The minimum Gasteiger partial charge on any atom is -0.393 e. The van der Waals surface area contributed by atoms with Crippen LogP contribution in [0.4, 0.5) is 0 Å². The number of aliphatic hydroxyl groups is 2. The summed E-state index contributed by atoms with van der Waals surface area (Å²) >= 11 is 0. The van der Waals surface area contributed by atoms with Crippen LogP contribution in [0.3, 0.4) is 0 Å². The smallest absolute Gasteiger partial charge is 0.159 e. The van der Waals surface area contributed by atoms with Gasteiger partial charge in [0.05, 0.1) is 18.0 Å². The van der Waals surface area contributed by atoms with E-state index in [0.717, 1.165) is 40.4 Å². The Hall–Kier alpha value is -4.19. The van der Waals surface area contributed by atoms with Crippen LogP contribution in [0.25, 0.3) is 50.7 Å². The van der Waals surface area contributed by atoms with E-state index in [4.69, 9.17) is 10.2 Å². The summed E-state index contributed by atoms with van der Waals surface area (Å²) in [5.41, 5.74) is 8.90. The molecule has 2 N–H and O–H groups in total. The molecule has 0 aliphatic carbocycles. The second-order valence-corrected chi connectivity index (χ2v) is 10.9. The van der Waals surface area contributed by atoms with Crippen LogP contribution in [0.5, 0.6) is 0 Å². The minimum absolute atomic E-state index is 0. The normalized spacial score (nSPS) is 11.9. The summed E-state index contributed by atoms with van der Waals surface area (Å²) < 4.78 is 2.13. The Kier molecular flexibility index (Phi) is 12.1. The summed E-state index contributed by atoms with van der Waals surface area (Å²) in [5, 5.41) is 26.4. The molecule has 1 heterocycles. The van der Waals surface area contributed by atoms with Gasteiger partial charge in [0.2, 0.25) is 0 Å². The van der Waals surface area contributed by atoms with Crippen molar-refractivity contribution in [2.24, 2.45) is 0 Å². The van der Waals surface area contributed by atoms with Crippen LogP contribution in [0.1, 0.15) is 32.8 Å². The average Bonchev–Trinajstić information content (AvgIpc) is 3.51. The monoisotopic (exact) mass is 773 g/mol.